The Hall–Kier alpha value is -3.91. The van der Waals surface area contributed by atoms with Crippen LogP contribution in [0.2, 0.25) is 0 Å². The molecule has 0 amide bonds. The lowest BCUT2D eigenvalue weighted by atomic mass is 9.98. The molecule has 0 aliphatic carbocycles. The van der Waals surface area contributed by atoms with Crippen molar-refractivity contribution < 1.29 is 4.74 Å². The lowest BCUT2D eigenvalue weighted by Crippen LogP contribution is -2.17. The van der Waals surface area contributed by atoms with Crippen LogP contribution in [0.1, 0.15) is 36.6 Å². The van der Waals surface area contributed by atoms with E-state index in [2.05, 4.69) is 23.3 Å². The molecule has 0 spiro atoms. The molecule has 0 atom stereocenters. The van der Waals surface area contributed by atoms with Gasteiger partial charge in [0.05, 0.1) is 23.7 Å². The van der Waals surface area contributed by atoms with Crippen LogP contribution < -0.4 is 10.1 Å². The summed E-state index contributed by atoms with van der Waals surface area (Å²) in [5.41, 5.74) is 4.59. The number of unbranched alkanes of at least 4 members (excludes halogenated alkanes) is 1. The van der Waals surface area contributed by atoms with Crippen LogP contribution in [0.5, 0.6) is 5.75 Å². The van der Waals surface area contributed by atoms with E-state index in [4.69, 9.17) is 9.73 Å². The number of rotatable bonds is 6. The second kappa shape index (κ2) is 9.06. The van der Waals surface area contributed by atoms with Crippen LogP contribution in [0.3, 0.4) is 0 Å². The average molecular weight is 394 g/mol. The minimum Gasteiger partial charge on any atom is -0.494 e. The van der Waals surface area contributed by atoms with Crippen molar-refractivity contribution in [3.63, 3.8) is 0 Å². The normalized spacial score (nSPS) is 14.1. The zero-order valence-electron chi connectivity index (χ0n) is 16.8. The third kappa shape index (κ3) is 4.08. The van der Waals surface area contributed by atoms with Crippen LogP contribution in [-0.2, 0) is 0 Å². The van der Waals surface area contributed by atoms with Gasteiger partial charge in [0.1, 0.15) is 17.4 Å². The minimum absolute atomic E-state index is 0.395. The highest BCUT2D eigenvalue weighted by Gasteiger charge is 2.22. The molecule has 2 aromatic carbocycles. The summed E-state index contributed by atoms with van der Waals surface area (Å²) in [5, 5.41) is 13.2. The first-order chi connectivity index (χ1) is 14.8. The molecule has 3 aromatic rings. The quantitative estimate of drug-likeness (QED) is 0.448. The first kappa shape index (κ1) is 19.4. The van der Waals surface area contributed by atoms with Crippen molar-refractivity contribution in [2.75, 3.05) is 11.9 Å². The molecule has 0 fully saturated rings. The molecule has 1 aliphatic rings. The number of pyridine rings is 1. The Morgan fingerprint density at radius 2 is 1.90 bits per heavy atom. The van der Waals surface area contributed by atoms with Gasteiger partial charge in [-0.1, -0.05) is 49.7 Å². The molecule has 4 rings (SSSR count). The van der Waals surface area contributed by atoms with Crippen LogP contribution in [-0.4, -0.2) is 17.3 Å². The van der Waals surface area contributed by atoms with Gasteiger partial charge in [0.2, 0.25) is 0 Å². The number of allylic oxidation sites excluding steroid dienone is 1. The van der Waals surface area contributed by atoms with Crippen molar-refractivity contribution in [1.29, 1.82) is 5.26 Å². The van der Waals surface area contributed by atoms with Crippen molar-refractivity contribution in [2.45, 2.75) is 19.8 Å². The number of aromatic nitrogens is 1. The monoisotopic (exact) mass is 394 g/mol. The second-order valence-electron chi connectivity index (χ2n) is 6.91. The zero-order chi connectivity index (χ0) is 20.8. The van der Waals surface area contributed by atoms with Crippen LogP contribution in [0.4, 0.5) is 5.69 Å². The summed E-state index contributed by atoms with van der Waals surface area (Å²) in [6.45, 7) is 2.81. The fraction of sp³-hybridized carbons (Fsp3) is 0.160. The first-order valence-corrected chi connectivity index (χ1v) is 10.0. The van der Waals surface area contributed by atoms with E-state index in [1.807, 2.05) is 66.7 Å². The Labute approximate surface area is 176 Å². The van der Waals surface area contributed by atoms with E-state index in [0.717, 1.165) is 41.1 Å². The van der Waals surface area contributed by atoms with Crippen molar-refractivity contribution in [2.24, 2.45) is 4.99 Å². The summed E-state index contributed by atoms with van der Waals surface area (Å²) < 4.78 is 5.89. The van der Waals surface area contributed by atoms with Gasteiger partial charge in [-0.3, -0.25) is 4.98 Å². The molecular formula is C25H22N4O. The number of nitrogens with zero attached hydrogens (tertiary/aromatic N) is 3. The lowest BCUT2D eigenvalue weighted by Gasteiger charge is -2.22. The number of nitrogens with one attached hydrogen (secondary N) is 1. The van der Waals surface area contributed by atoms with Gasteiger partial charge in [0.15, 0.2) is 5.82 Å². The van der Waals surface area contributed by atoms with Gasteiger partial charge in [-0.05, 0) is 30.7 Å². The summed E-state index contributed by atoms with van der Waals surface area (Å²) in [7, 11) is 0. The standard InChI is InChI=1S/C25H22N4O/c1-2-3-15-30-19-12-13-20-23(16-19)28-25(21(17-26)22-11-7-8-14-27-22)29-24(20)18-9-5-4-6-10-18/h4-14,16,28H,2-3,15H2,1H3/b25-21+. The van der Waals surface area contributed by atoms with Crippen LogP contribution in [0.15, 0.2) is 83.7 Å². The molecule has 1 N–H and O–H groups in total. The fourth-order valence-corrected chi connectivity index (χ4v) is 3.26. The first-order valence-electron chi connectivity index (χ1n) is 10.0. The SMILES string of the molecule is CCCCOc1ccc2c(c1)N/C(=C(/C#N)c1ccccn1)N=C2c1ccccc1. The van der Waals surface area contributed by atoms with E-state index in [-0.39, 0.29) is 0 Å². The van der Waals surface area contributed by atoms with Gasteiger partial charge >= 0.3 is 0 Å². The van der Waals surface area contributed by atoms with Crippen molar-refractivity contribution in [3.05, 3.63) is 95.6 Å². The molecule has 0 unspecified atom stereocenters. The summed E-state index contributed by atoms with van der Waals surface area (Å²) in [6.07, 6.45) is 3.76. The number of hydrogen-bond donors (Lipinski definition) is 1. The molecular weight excluding hydrogens is 372 g/mol. The second-order valence-corrected chi connectivity index (χ2v) is 6.91. The number of hydrogen-bond acceptors (Lipinski definition) is 5. The van der Waals surface area contributed by atoms with Gasteiger partial charge in [0, 0.05) is 23.4 Å². The summed E-state index contributed by atoms with van der Waals surface area (Å²) >= 11 is 0. The molecule has 5 nitrogen and oxygen atoms in total. The number of benzene rings is 2. The Bertz CT molecular complexity index is 1130. The van der Waals surface area contributed by atoms with Crippen molar-refractivity contribution >= 4 is 17.0 Å². The topological polar surface area (TPSA) is 70.3 Å². The summed E-state index contributed by atoms with van der Waals surface area (Å²) in [4.78, 5) is 9.16. The van der Waals surface area contributed by atoms with Crippen molar-refractivity contribution in [3.8, 4) is 11.8 Å². The number of fused-ring (bicyclic) bond motifs is 1. The Kier molecular flexibility index (Phi) is 5.86. The number of aliphatic imine (C=N–C) groups is 1. The van der Waals surface area contributed by atoms with Gasteiger partial charge < -0.3 is 10.1 Å². The third-order valence-electron chi connectivity index (χ3n) is 4.81. The largest absolute Gasteiger partial charge is 0.494 e. The molecule has 0 bridgehead atoms. The highest BCUT2D eigenvalue weighted by molar-refractivity contribution is 6.18. The van der Waals surface area contributed by atoms with Gasteiger partial charge in [-0.15, -0.1) is 0 Å². The molecule has 2 heterocycles. The van der Waals surface area contributed by atoms with E-state index < -0.39 is 0 Å². The Morgan fingerprint density at radius 3 is 2.63 bits per heavy atom. The molecule has 148 valence electrons. The van der Waals surface area contributed by atoms with Crippen LogP contribution in [0.25, 0.3) is 5.57 Å². The zero-order valence-corrected chi connectivity index (χ0v) is 16.8. The maximum Gasteiger partial charge on any atom is 0.151 e. The van der Waals surface area contributed by atoms with Gasteiger partial charge in [-0.2, -0.15) is 5.26 Å². The lowest BCUT2D eigenvalue weighted by molar-refractivity contribution is 0.309. The van der Waals surface area contributed by atoms with Gasteiger partial charge in [0.25, 0.3) is 0 Å². The molecule has 1 aliphatic heterocycles. The predicted octanol–water partition coefficient (Wildman–Crippen LogP) is 5.42. The molecule has 30 heavy (non-hydrogen) atoms. The van der Waals surface area contributed by atoms with Crippen LogP contribution in [0, 0.1) is 11.3 Å². The fourth-order valence-electron chi connectivity index (χ4n) is 3.26. The van der Waals surface area contributed by atoms with Crippen LogP contribution >= 0.6 is 0 Å². The average Bonchev–Trinajstić information content (AvgIpc) is 2.80. The molecule has 0 saturated carbocycles. The van der Waals surface area contributed by atoms with E-state index >= 15 is 0 Å². The number of nitriles is 1. The molecule has 0 radical (unpaired) electrons. The van der Waals surface area contributed by atoms with E-state index in [1.54, 1.807) is 6.20 Å². The van der Waals surface area contributed by atoms with E-state index in [1.165, 1.54) is 0 Å². The summed E-state index contributed by atoms with van der Waals surface area (Å²) in [5.74, 6) is 1.27. The molecule has 1 aromatic heterocycles. The van der Waals surface area contributed by atoms with Gasteiger partial charge in [-0.25, -0.2) is 4.99 Å². The highest BCUT2D eigenvalue weighted by Crippen LogP contribution is 2.33. The van der Waals surface area contributed by atoms with E-state index in [9.17, 15) is 5.26 Å². The number of anilines is 1. The molecule has 0 saturated heterocycles. The van der Waals surface area contributed by atoms with Crippen molar-refractivity contribution in [1.82, 2.24) is 4.98 Å². The smallest absolute Gasteiger partial charge is 0.151 e. The molecule has 5 heteroatoms. The maximum atomic E-state index is 9.85. The predicted molar refractivity (Wildman–Crippen MR) is 119 cm³/mol. The highest BCUT2D eigenvalue weighted by atomic mass is 16.5. The maximum absolute atomic E-state index is 9.85. The van der Waals surface area contributed by atoms with E-state index in [0.29, 0.717) is 23.7 Å². The number of ether oxygens (including phenoxy) is 1. The summed E-state index contributed by atoms with van der Waals surface area (Å²) in [6, 6.07) is 23.7. The Morgan fingerprint density at radius 1 is 1.07 bits per heavy atom. The third-order valence-corrected chi connectivity index (χ3v) is 4.81. The minimum atomic E-state index is 0.395. The Balaban J connectivity index is 1.83.